The molecule has 1 N–H and O–H groups in total. The van der Waals surface area contributed by atoms with Crippen molar-refractivity contribution < 1.29 is 19.4 Å². The quantitative estimate of drug-likeness (QED) is 0.782. The molecular formula is C12H18O4. The van der Waals surface area contributed by atoms with Crippen LogP contribution < -0.4 is 0 Å². The van der Waals surface area contributed by atoms with Gasteiger partial charge in [-0.3, -0.25) is 0 Å². The van der Waals surface area contributed by atoms with Crippen LogP contribution in [0.3, 0.4) is 0 Å². The lowest BCUT2D eigenvalue weighted by Gasteiger charge is -2.10. The molecular weight excluding hydrogens is 208 g/mol. The van der Waals surface area contributed by atoms with Crippen molar-refractivity contribution >= 4 is 5.97 Å². The van der Waals surface area contributed by atoms with E-state index >= 15 is 0 Å². The van der Waals surface area contributed by atoms with Crippen LogP contribution in [0.4, 0.5) is 0 Å². The van der Waals surface area contributed by atoms with E-state index < -0.39 is 12.3 Å². The zero-order valence-corrected chi connectivity index (χ0v) is 9.63. The van der Waals surface area contributed by atoms with Crippen LogP contribution in [0.5, 0.6) is 0 Å². The maximum atomic E-state index is 10.2. The highest BCUT2D eigenvalue weighted by Gasteiger charge is 2.15. The first-order valence-corrected chi connectivity index (χ1v) is 5.18. The predicted octanol–water partition coefficient (Wildman–Crippen LogP) is 2.16. The van der Waals surface area contributed by atoms with Crippen LogP contribution in [0.2, 0.25) is 0 Å². The van der Waals surface area contributed by atoms with Crippen molar-refractivity contribution in [3.05, 3.63) is 36.4 Å². The molecule has 0 spiro atoms. The molecule has 0 atom stereocenters. The number of hydrogen-bond donors (Lipinski definition) is 1. The summed E-state index contributed by atoms with van der Waals surface area (Å²) in [6.07, 6.45) is -1.10. The van der Waals surface area contributed by atoms with E-state index in [0.717, 1.165) is 0 Å². The number of carboxylic acids is 1. The van der Waals surface area contributed by atoms with Crippen molar-refractivity contribution in [1.82, 2.24) is 0 Å². The molecule has 0 aromatic heterocycles. The van der Waals surface area contributed by atoms with Gasteiger partial charge in [-0.2, -0.15) is 0 Å². The Hall–Kier alpha value is -1.39. The number of ether oxygens (including phenoxy) is 2. The van der Waals surface area contributed by atoms with Gasteiger partial charge in [0.25, 0.3) is 6.29 Å². The van der Waals surface area contributed by atoms with Gasteiger partial charge in [0.15, 0.2) is 0 Å². The third-order valence-corrected chi connectivity index (χ3v) is 1.50. The number of hydrogen-bond acceptors (Lipinski definition) is 3. The molecule has 1 rings (SSSR count). The summed E-state index contributed by atoms with van der Waals surface area (Å²) in [5, 5.41) is 8.39. The van der Waals surface area contributed by atoms with E-state index in [1.165, 1.54) is 0 Å². The molecule has 16 heavy (non-hydrogen) atoms. The second kappa shape index (κ2) is 10.1. The van der Waals surface area contributed by atoms with Gasteiger partial charge in [-0.15, -0.1) is 0 Å². The Balaban J connectivity index is 0.000000315. The zero-order chi connectivity index (χ0) is 12.2. The molecule has 0 unspecified atom stereocenters. The number of benzene rings is 1. The van der Waals surface area contributed by atoms with E-state index in [4.69, 9.17) is 14.6 Å². The smallest absolute Gasteiger partial charge is 0.361 e. The Morgan fingerprint density at radius 3 is 1.50 bits per heavy atom. The monoisotopic (exact) mass is 226 g/mol. The van der Waals surface area contributed by atoms with Gasteiger partial charge in [0.05, 0.1) is 0 Å². The van der Waals surface area contributed by atoms with Crippen molar-refractivity contribution in [2.24, 2.45) is 0 Å². The minimum atomic E-state index is -1.10. The topological polar surface area (TPSA) is 55.8 Å². The predicted molar refractivity (Wildman–Crippen MR) is 61.1 cm³/mol. The SMILES string of the molecule is CCOC(OCC)C(=O)O.c1ccccc1. The van der Waals surface area contributed by atoms with Gasteiger partial charge in [0, 0.05) is 13.2 Å². The van der Waals surface area contributed by atoms with E-state index in [2.05, 4.69) is 0 Å². The summed E-state index contributed by atoms with van der Waals surface area (Å²) >= 11 is 0. The molecule has 0 bridgehead atoms. The molecule has 0 aliphatic carbocycles. The van der Waals surface area contributed by atoms with Gasteiger partial charge < -0.3 is 14.6 Å². The molecule has 0 heterocycles. The van der Waals surface area contributed by atoms with Gasteiger partial charge in [-0.25, -0.2) is 4.79 Å². The van der Waals surface area contributed by atoms with Crippen LogP contribution in [0, 0.1) is 0 Å². The normalized spacial score (nSPS) is 9.44. The Morgan fingerprint density at radius 2 is 1.31 bits per heavy atom. The molecule has 0 saturated carbocycles. The van der Waals surface area contributed by atoms with Crippen LogP contribution in [0.1, 0.15) is 13.8 Å². The Kier molecular flexibility index (Phi) is 9.26. The van der Waals surface area contributed by atoms with Gasteiger partial charge in [0.2, 0.25) is 0 Å². The standard InChI is InChI=1S/C6H12O4.C6H6/c1-3-9-6(5(7)8)10-4-2;1-2-4-6-5-3-1/h6H,3-4H2,1-2H3,(H,7,8);1-6H. The average molecular weight is 226 g/mol. The number of rotatable bonds is 5. The fourth-order valence-electron chi connectivity index (χ4n) is 0.878. The summed E-state index contributed by atoms with van der Waals surface area (Å²) in [5.41, 5.74) is 0. The molecule has 0 saturated heterocycles. The molecule has 0 amide bonds. The Bertz CT molecular complexity index is 228. The van der Waals surface area contributed by atoms with Gasteiger partial charge in [-0.1, -0.05) is 36.4 Å². The Labute approximate surface area is 95.8 Å². The molecule has 90 valence electrons. The summed E-state index contributed by atoms with van der Waals surface area (Å²) in [6, 6.07) is 12.0. The maximum absolute atomic E-state index is 10.2. The summed E-state index contributed by atoms with van der Waals surface area (Å²) < 4.78 is 9.44. The van der Waals surface area contributed by atoms with Crippen molar-refractivity contribution in [2.75, 3.05) is 13.2 Å². The highest BCUT2D eigenvalue weighted by Crippen LogP contribution is 1.93. The fourth-order valence-corrected chi connectivity index (χ4v) is 0.878. The van der Waals surface area contributed by atoms with E-state index in [9.17, 15) is 4.79 Å². The molecule has 0 aliphatic rings. The molecule has 0 radical (unpaired) electrons. The third kappa shape index (κ3) is 7.96. The number of carboxylic acid groups (broad SMARTS) is 1. The largest absolute Gasteiger partial charge is 0.477 e. The summed E-state index contributed by atoms with van der Waals surface area (Å²) in [5.74, 6) is -1.08. The minimum Gasteiger partial charge on any atom is -0.477 e. The third-order valence-electron chi connectivity index (χ3n) is 1.50. The summed E-state index contributed by atoms with van der Waals surface area (Å²) in [6.45, 7) is 4.12. The first-order valence-electron chi connectivity index (χ1n) is 5.18. The second-order valence-corrected chi connectivity index (χ2v) is 2.74. The van der Waals surface area contributed by atoms with E-state index in [1.54, 1.807) is 13.8 Å². The lowest BCUT2D eigenvalue weighted by Crippen LogP contribution is -2.26. The number of carbonyl (C=O) groups is 1. The number of aliphatic carboxylic acids is 1. The summed E-state index contributed by atoms with van der Waals surface area (Å²) in [4.78, 5) is 10.2. The summed E-state index contributed by atoms with van der Waals surface area (Å²) in [7, 11) is 0. The molecule has 1 aromatic carbocycles. The zero-order valence-electron chi connectivity index (χ0n) is 9.63. The van der Waals surface area contributed by atoms with Crippen LogP contribution in [-0.4, -0.2) is 30.6 Å². The lowest BCUT2D eigenvalue weighted by atomic mass is 10.4. The highest BCUT2D eigenvalue weighted by molar-refractivity contribution is 5.70. The average Bonchev–Trinajstić information content (AvgIpc) is 2.32. The van der Waals surface area contributed by atoms with Crippen LogP contribution in [0.15, 0.2) is 36.4 Å². The molecule has 4 nitrogen and oxygen atoms in total. The van der Waals surface area contributed by atoms with Crippen molar-refractivity contribution in [2.45, 2.75) is 20.1 Å². The Morgan fingerprint density at radius 1 is 1.00 bits per heavy atom. The van der Waals surface area contributed by atoms with Crippen molar-refractivity contribution in [1.29, 1.82) is 0 Å². The first kappa shape index (κ1) is 14.6. The maximum Gasteiger partial charge on any atom is 0.361 e. The van der Waals surface area contributed by atoms with E-state index in [-0.39, 0.29) is 0 Å². The van der Waals surface area contributed by atoms with Gasteiger partial charge in [-0.05, 0) is 13.8 Å². The minimum absolute atomic E-state index is 0.344. The molecule has 0 fully saturated rings. The van der Waals surface area contributed by atoms with E-state index in [0.29, 0.717) is 13.2 Å². The van der Waals surface area contributed by atoms with Crippen LogP contribution in [-0.2, 0) is 14.3 Å². The first-order chi connectivity index (χ1) is 7.72. The van der Waals surface area contributed by atoms with Gasteiger partial charge in [0.1, 0.15) is 0 Å². The lowest BCUT2D eigenvalue weighted by molar-refractivity contribution is -0.187. The van der Waals surface area contributed by atoms with Crippen LogP contribution in [0.25, 0.3) is 0 Å². The molecule has 0 aliphatic heterocycles. The van der Waals surface area contributed by atoms with Crippen molar-refractivity contribution in [3.8, 4) is 0 Å². The van der Waals surface area contributed by atoms with Crippen LogP contribution >= 0.6 is 0 Å². The highest BCUT2D eigenvalue weighted by atomic mass is 16.7. The van der Waals surface area contributed by atoms with E-state index in [1.807, 2.05) is 36.4 Å². The second-order valence-electron chi connectivity index (χ2n) is 2.74. The molecule has 4 heteroatoms. The fraction of sp³-hybridized carbons (Fsp3) is 0.417. The van der Waals surface area contributed by atoms with Gasteiger partial charge >= 0.3 is 5.97 Å². The van der Waals surface area contributed by atoms with Crippen molar-refractivity contribution in [3.63, 3.8) is 0 Å². The molecule has 1 aromatic rings.